The highest BCUT2D eigenvalue weighted by molar-refractivity contribution is 7.80. The molecule has 3 rings (SSSR count). The topological polar surface area (TPSA) is 53.2 Å². The van der Waals surface area contributed by atoms with E-state index < -0.39 is 0 Å². The van der Waals surface area contributed by atoms with Crippen LogP contribution in [0.15, 0.2) is 48.5 Å². The molecule has 4 nitrogen and oxygen atoms in total. The maximum atomic E-state index is 12.2. The van der Waals surface area contributed by atoms with E-state index in [1.165, 1.54) is 5.56 Å². The van der Waals surface area contributed by atoms with Crippen LogP contribution < -0.4 is 16.2 Å². The van der Waals surface area contributed by atoms with E-state index >= 15 is 0 Å². The zero-order valence-corrected chi connectivity index (χ0v) is 15.5. The fourth-order valence-corrected chi connectivity index (χ4v) is 3.17. The summed E-state index contributed by atoms with van der Waals surface area (Å²) in [5.41, 5.74) is 8.74. The van der Waals surface area contributed by atoms with Gasteiger partial charge in [-0.3, -0.25) is 15.6 Å². The lowest BCUT2D eigenvalue weighted by Gasteiger charge is -2.14. The van der Waals surface area contributed by atoms with Gasteiger partial charge in [-0.1, -0.05) is 48.9 Å². The number of hydrogen-bond donors (Lipinski definition) is 3. The smallest absolute Gasteiger partial charge is 0.242 e. The summed E-state index contributed by atoms with van der Waals surface area (Å²) in [7, 11) is 0. The molecule has 0 saturated heterocycles. The molecule has 0 heterocycles. The van der Waals surface area contributed by atoms with Crippen LogP contribution in [-0.2, 0) is 11.2 Å². The second-order valence-corrected chi connectivity index (χ2v) is 6.92. The Morgan fingerprint density at radius 2 is 1.88 bits per heavy atom. The average molecular weight is 374 g/mol. The lowest BCUT2D eigenvalue weighted by Crippen LogP contribution is -2.44. The first-order chi connectivity index (χ1) is 12.1. The highest BCUT2D eigenvalue weighted by atomic mass is 35.5. The highest BCUT2D eigenvalue weighted by Crippen LogP contribution is 2.47. The number of para-hydroxylation sites is 1. The van der Waals surface area contributed by atoms with Gasteiger partial charge in [0.1, 0.15) is 0 Å². The van der Waals surface area contributed by atoms with Crippen LogP contribution in [0.5, 0.6) is 0 Å². The standard InChI is InChI=1S/C19H20ClN3OS/c1-2-12-5-3-4-6-17(12)21-19(25)23-22-18(24)16-11-15(16)13-7-9-14(20)10-8-13/h3-10,15-16H,2,11H2,1H3,(H,22,24)(H2,21,23,25)/t15-,16+/m0/s1. The van der Waals surface area contributed by atoms with Crippen LogP contribution in [0.4, 0.5) is 5.69 Å². The van der Waals surface area contributed by atoms with E-state index in [0.717, 1.165) is 24.1 Å². The number of carbonyl (C=O) groups excluding carboxylic acids is 1. The lowest BCUT2D eigenvalue weighted by molar-refractivity contribution is -0.122. The summed E-state index contributed by atoms with van der Waals surface area (Å²) >= 11 is 11.2. The number of halogens is 1. The molecule has 25 heavy (non-hydrogen) atoms. The summed E-state index contributed by atoms with van der Waals surface area (Å²) in [6.45, 7) is 2.09. The Morgan fingerprint density at radius 1 is 1.16 bits per heavy atom. The molecule has 1 aliphatic rings. The van der Waals surface area contributed by atoms with Crippen LogP contribution in [0.3, 0.4) is 0 Å². The molecule has 2 atom stereocenters. The summed E-state index contributed by atoms with van der Waals surface area (Å²) in [6.07, 6.45) is 1.75. The molecule has 0 aromatic heterocycles. The van der Waals surface area contributed by atoms with Crippen LogP contribution >= 0.6 is 23.8 Å². The molecule has 0 aliphatic heterocycles. The number of amides is 1. The van der Waals surface area contributed by atoms with Gasteiger partial charge in [-0.2, -0.15) is 0 Å². The van der Waals surface area contributed by atoms with Gasteiger partial charge >= 0.3 is 0 Å². The maximum Gasteiger partial charge on any atom is 0.242 e. The minimum atomic E-state index is -0.0483. The molecular weight excluding hydrogens is 354 g/mol. The van der Waals surface area contributed by atoms with Crippen molar-refractivity contribution in [2.75, 3.05) is 5.32 Å². The van der Waals surface area contributed by atoms with E-state index in [0.29, 0.717) is 10.1 Å². The van der Waals surface area contributed by atoms with E-state index in [2.05, 4.69) is 23.1 Å². The van der Waals surface area contributed by atoms with E-state index in [1.807, 2.05) is 48.5 Å². The SMILES string of the molecule is CCc1ccccc1NC(=S)NNC(=O)[C@@H]1C[C@H]1c1ccc(Cl)cc1. The van der Waals surface area contributed by atoms with Gasteiger partial charge in [0.25, 0.3) is 0 Å². The molecule has 1 fully saturated rings. The van der Waals surface area contributed by atoms with Crippen molar-refractivity contribution in [1.82, 2.24) is 10.9 Å². The van der Waals surface area contributed by atoms with Crippen molar-refractivity contribution in [2.24, 2.45) is 5.92 Å². The number of thiocarbonyl (C=S) groups is 1. The largest absolute Gasteiger partial charge is 0.331 e. The van der Waals surface area contributed by atoms with Crippen LogP contribution in [0.2, 0.25) is 5.02 Å². The molecule has 0 spiro atoms. The summed E-state index contributed by atoms with van der Waals surface area (Å²) in [5.74, 6) is 0.175. The molecule has 2 aromatic rings. The highest BCUT2D eigenvalue weighted by Gasteiger charge is 2.43. The van der Waals surface area contributed by atoms with Gasteiger partial charge in [0.15, 0.2) is 5.11 Å². The number of carbonyl (C=O) groups is 1. The van der Waals surface area contributed by atoms with E-state index in [-0.39, 0.29) is 17.7 Å². The number of anilines is 1. The first-order valence-electron chi connectivity index (χ1n) is 8.28. The second-order valence-electron chi connectivity index (χ2n) is 6.08. The number of hydrazine groups is 1. The fourth-order valence-electron chi connectivity index (χ4n) is 2.88. The third kappa shape index (κ3) is 4.50. The summed E-state index contributed by atoms with van der Waals surface area (Å²) in [4.78, 5) is 12.2. The Balaban J connectivity index is 1.48. The Hall–Kier alpha value is -2.11. The number of rotatable bonds is 4. The predicted octanol–water partition coefficient (Wildman–Crippen LogP) is 4.02. The maximum absolute atomic E-state index is 12.2. The summed E-state index contributed by atoms with van der Waals surface area (Å²) < 4.78 is 0. The van der Waals surface area contributed by atoms with Crippen molar-refractivity contribution in [3.05, 3.63) is 64.7 Å². The molecule has 1 saturated carbocycles. The van der Waals surface area contributed by atoms with Crippen molar-refractivity contribution >= 4 is 40.5 Å². The normalized spacial score (nSPS) is 18.3. The molecule has 0 unspecified atom stereocenters. The number of hydrogen-bond acceptors (Lipinski definition) is 2. The molecule has 2 aromatic carbocycles. The zero-order valence-electron chi connectivity index (χ0n) is 13.9. The van der Waals surface area contributed by atoms with Gasteiger partial charge in [0, 0.05) is 16.6 Å². The Bertz CT molecular complexity index is 778. The minimum Gasteiger partial charge on any atom is -0.331 e. The van der Waals surface area contributed by atoms with Gasteiger partial charge in [-0.15, -0.1) is 0 Å². The first kappa shape index (κ1) is 17.7. The van der Waals surface area contributed by atoms with Crippen LogP contribution in [-0.4, -0.2) is 11.0 Å². The molecule has 3 N–H and O–H groups in total. The number of aryl methyl sites for hydroxylation is 1. The van der Waals surface area contributed by atoms with Gasteiger partial charge < -0.3 is 5.32 Å². The van der Waals surface area contributed by atoms with Crippen LogP contribution in [0.1, 0.15) is 30.4 Å². The van der Waals surface area contributed by atoms with Crippen molar-refractivity contribution < 1.29 is 4.79 Å². The minimum absolute atomic E-state index is 0.0283. The zero-order chi connectivity index (χ0) is 17.8. The van der Waals surface area contributed by atoms with Crippen molar-refractivity contribution in [1.29, 1.82) is 0 Å². The molecule has 1 aliphatic carbocycles. The average Bonchev–Trinajstić information content (AvgIpc) is 3.41. The Morgan fingerprint density at radius 3 is 2.60 bits per heavy atom. The van der Waals surface area contributed by atoms with Crippen LogP contribution in [0, 0.1) is 5.92 Å². The lowest BCUT2D eigenvalue weighted by atomic mass is 10.1. The molecule has 1 amide bonds. The van der Waals surface area contributed by atoms with Gasteiger partial charge in [-0.05, 0) is 60.3 Å². The van der Waals surface area contributed by atoms with E-state index in [9.17, 15) is 4.79 Å². The first-order valence-corrected chi connectivity index (χ1v) is 9.07. The van der Waals surface area contributed by atoms with Crippen LogP contribution in [0.25, 0.3) is 0 Å². The molecule has 130 valence electrons. The quantitative estimate of drug-likeness (QED) is 0.559. The van der Waals surface area contributed by atoms with Crippen molar-refractivity contribution in [2.45, 2.75) is 25.7 Å². The third-order valence-electron chi connectivity index (χ3n) is 4.37. The van der Waals surface area contributed by atoms with Crippen molar-refractivity contribution in [3.8, 4) is 0 Å². The fraction of sp³-hybridized carbons (Fsp3) is 0.263. The third-order valence-corrected chi connectivity index (χ3v) is 4.83. The van der Waals surface area contributed by atoms with E-state index in [4.69, 9.17) is 23.8 Å². The molecule has 0 radical (unpaired) electrons. The van der Waals surface area contributed by atoms with Gasteiger partial charge in [-0.25, -0.2) is 0 Å². The second kappa shape index (κ2) is 7.85. The molecule has 6 heteroatoms. The molecular formula is C19H20ClN3OS. The predicted molar refractivity (Wildman–Crippen MR) is 106 cm³/mol. The summed E-state index contributed by atoms with van der Waals surface area (Å²) in [5, 5.41) is 4.19. The number of benzene rings is 2. The Kier molecular flexibility index (Phi) is 5.56. The summed E-state index contributed by atoms with van der Waals surface area (Å²) in [6, 6.07) is 15.6. The van der Waals surface area contributed by atoms with E-state index in [1.54, 1.807) is 0 Å². The van der Waals surface area contributed by atoms with Gasteiger partial charge in [0.2, 0.25) is 5.91 Å². The molecule has 0 bridgehead atoms. The Labute approximate surface area is 157 Å². The monoisotopic (exact) mass is 373 g/mol. The number of nitrogens with one attached hydrogen (secondary N) is 3. The van der Waals surface area contributed by atoms with Gasteiger partial charge in [0.05, 0.1) is 0 Å². The van der Waals surface area contributed by atoms with Crippen molar-refractivity contribution in [3.63, 3.8) is 0 Å².